The lowest BCUT2D eigenvalue weighted by molar-refractivity contribution is -0.135. The molecule has 4 heterocycles. The number of rotatable bonds is 8. The lowest BCUT2D eigenvalue weighted by atomic mass is 9.90. The summed E-state index contributed by atoms with van der Waals surface area (Å²) in [5.74, 6) is 1.71. The van der Waals surface area contributed by atoms with Crippen molar-refractivity contribution in [1.82, 2.24) is 20.2 Å². The van der Waals surface area contributed by atoms with Crippen LogP contribution in [0.15, 0.2) is 78.1 Å². The number of fused-ring (bicyclic) bond motifs is 1. The van der Waals surface area contributed by atoms with Gasteiger partial charge in [-0.25, -0.2) is 9.78 Å². The van der Waals surface area contributed by atoms with Crippen molar-refractivity contribution in [3.63, 3.8) is 0 Å². The summed E-state index contributed by atoms with van der Waals surface area (Å²) in [7, 11) is 1.34. The monoisotopic (exact) mass is 697 g/mol. The Hall–Kier alpha value is -4.76. The predicted molar refractivity (Wildman–Crippen MR) is 203 cm³/mol. The smallest absolute Gasteiger partial charge is 0.407 e. The number of aliphatic imine (C=N–C) groups is 1. The first-order valence-corrected chi connectivity index (χ1v) is 19.1. The number of carbonyl (C=O) groups is 2. The van der Waals surface area contributed by atoms with Crippen LogP contribution in [0.3, 0.4) is 0 Å². The summed E-state index contributed by atoms with van der Waals surface area (Å²) >= 11 is 0. The number of nitrogens with one attached hydrogen (secondary N) is 2. The number of hydrogen-bond donors (Lipinski definition) is 2. The van der Waals surface area contributed by atoms with Crippen molar-refractivity contribution in [2.75, 3.05) is 26.9 Å². The third-order valence-corrected chi connectivity index (χ3v) is 12.4. The highest BCUT2D eigenvalue weighted by molar-refractivity contribution is 6.04. The van der Waals surface area contributed by atoms with E-state index in [1.54, 1.807) is 0 Å². The largest absolute Gasteiger partial charge is 0.453 e. The van der Waals surface area contributed by atoms with Gasteiger partial charge >= 0.3 is 6.09 Å². The highest BCUT2D eigenvalue weighted by Gasteiger charge is 2.55. The minimum absolute atomic E-state index is 0.0195. The van der Waals surface area contributed by atoms with Crippen LogP contribution >= 0.6 is 0 Å². The molecule has 3 aromatic carbocycles. The number of H-pyrrole nitrogens is 1. The van der Waals surface area contributed by atoms with E-state index in [0.717, 1.165) is 61.4 Å². The molecule has 9 heteroatoms. The molecule has 4 aromatic rings. The molecule has 2 amide bonds. The number of imidazole rings is 1. The summed E-state index contributed by atoms with van der Waals surface area (Å²) in [5, 5.41) is 5.31. The van der Waals surface area contributed by atoms with Gasteiger partial charge in [0.2, 0.25) is 5.91 Å². The molecule has 9 nitrogen and oxygen atoms in total. The fourth-order valence-electron chi connectivity index (χ4n) is 9.11. The van der Waals surface area contributed by atoms with Gasteiger partial charge < -0.3 is 24.7 Å². The molecule has 2 saturated heterocycles. The molecule has 1 aromatic heterocycles. The van der Waals surface area contributed by atoms with Crippen LogP contribution in [0.4, 0.5) is 4.79 Å². The number of ether oxygens (including phenoxy) is 2. The molecule has 268 valence electrons. The Morgan fingerprint density at radius 2 is 1.62 bits per heavy atom. The average molecular weight is 698 g/mol. The molecule has 9 rings (SSSR count). The zero-order valence-electron chi connectivity index (χ0n) is 29.9. The second-order valence-corrected chi connectivity index (χ2v) is 15.7. The minimum Gasteiger partial charge on any atom is -0.453 e. The van der Waals surface area contributed by atoms with Crippen molar-refractivity contribution in [1.29, 1.82) is 0 Å². The van der Waals surface area contributed by atoms with Crippen LogP contribution in [0.2, 0.25) is 0 Å². The van der Waals surface area contributed by atoms with Crippen LogP contribution in [-0.2, 0) is 14.3 Å². The number of amides is 2. The third-order valence-electron chi connectivity index (χ3n) is 12.4. The maximum Gasteiger partial charge on any atom is 0.407 e. The number of benzene rings is 3. The molecule has 52 heavy (non-hydrogen) atoms. The number of aromatic amines is 1. The van der Waals surface area contributed by atoms with Crippen molar-refractivity contribution in [2.24, 2.45) is 16.3 Å². The molecule has 4 fully saturated rings. The van der Waals surface area contributed by atoms with Gasteiger partial charge in [0.25, 0.3) is 0 Å². The highest BCUT2D eigenvalue weighted by Crippen LogP contribution is 2.55. The Morgan fingerprint density at radius 3 is 2.35 bits per heavy atom. The third kappa shape index (κ3) is 6.44. The first-order valence-electron chi connectivity index (χ1n) is 19.1. The van der Waals surface area contributed by atoms with Crippen LogP contribution in [0.5, 0.6) is 0 Å². The summed E-state index contributed by atoms with van der Waals surface area (Å²) < 4.78 is 10.5. The molecule has 1 spiro atoms. The number of nitrogens with zero attached hydrogens (tertiary/aromatic N) is 3. The Labute approximate surface area is 304 Å². The average Bonchev–Trinajstić information content (AvgIpc) is 3.76. The van der Waals surface area contributed by atoms with E-state index in [9.17, 15) is 9.59 Å². The lowest BCUT2D eigenvalue weighted by Crippen LogP contribution is -2.55. The van der Waals surface area contributed by atoms with E-state index in [1.165, 1.54) is 65.8 Å². The molecule has 0 radical (unpaired) electrons. The van der Waals surface area contributed by atoms with Gasteiger partial charge in [-0.3, -0.25) is 9.79 Å². The van der Waals surface area contributed by atoms with Crippen LogP contribution in [0.1, 0.15) is 81.5 Å². The number of alkyl carbamates (subject to hydrolysis) is 1. The maximum atomic E-state index is 14.3. The molecule has 3 aliphatic heterocycles. The van der Waals surface area contributed by atoms with Gasteiger partial charge in [0, 0.05) is 49.6 Å². The fraction of sp³-hybridized carbons (Fsp3) is 0.442. The minimum atomic E-state index is -0.627. The first-order chi connectivity index (χ1) is 25.4. The number of methoxy groups -OCH3 is 1. The highest BCUT2D eigenvalue weighted by atomic mass is 16.5. The summed E-state index contributed by atoms with van der Waals surface area (Å²) in [6.45, 7) is 1.91. The molecule has 2 aliphatic carbocycles. The molecule has 2 atom stereocenters. The second-order valence-electron chi connectivity index (χ2n) is 15.7. The van der Waals surface area contributed by atoms with Gasteiger partial charge in [-0.05, 0) is 101 Å². The van der Waals surface area contributed by atoms with E-state index >= 15 is 0 Å². The summed E-state index contributed by atoms with van der Waals surface area (Å²) in [6, 6.07) is 21.4. The van der Waals surface area contributed by atoms with E-state index in [-0.39, 0.29) is 23.3 Å². The first kappa shape index (κ1) is 33.1. The van der Waals surface area contributed by atoms with Gasteiger partial charge in [0.15, 0.2) is 0 Å². The number of carbonyl (C=O) groups excluding carboxylic acids is 2. The molecule has 0 unspecified atom stereocenters. The number of allylic oxidation sites excluding steroid dienone is 1. The van der Waals surface area contributed by atoms with Crippen LogP contribution in [-0.4, -0.2) is 71.5 Å². The van der Waals surface area contributed by atoms with Crippen molar-refractivity contribution in [2.45, 2.75) is 82.2 Å². The molecular formula is C43H47N5O4. The van der Waals surface area contributed by atoms with Crippen LogP contribution in [0, 0.1) is 11.3 Å². The van der Waals surface area contributed by atoms with E-state index in [1.807, 2.05) is 17.3 Å². The standard InChI is InChI=1S/C43H47N5O4/c1-51-42(50)47-39(29-14-18-52-19-15-29)41(49)48-26-43(16-17-43)23-38(48)36-22-35(24-44-36)28-8-6-27(7-9-28)31-10-11-33-21-34(13-12-32(33)20-31)37-25-45-40(46-37)30-4-2-3-5-30/h6-13,20-21,24-25,29-30,38-39H,2-5,14-19,22-23,26H2,1H3,(H,45,46)(H,47,50)/t38-,39-/m0/s1. The molecule has 2 saturated carbocycles. The Morgan fingerprint density at radius 1 is 0.923 bits per heavy atom. The normalized spacial score (nSPS) is 22.1. The zero-order valence-corrected chi connectivity index (χ0v) is 29.9. The van der Waals surface area contributed by atoms with Crippen molar-refractivity contribution in [3.05, 3.63) is 84.4 Å². The molecule has 2 N–H and O–H groups in total. The van der Waals surface area contributed by atoms with Crippen LogP contribution in [0.25, 0.3) is 38.7 Å². The second kappa shape index (κ2) is 13.7. The quantitative estimate of drug-likeness (QED) is 0.193. The van der Waals surface area contributed by atoms with Crippen molar-refractivity contribution in [3.8, 4) is 22.4 Å². The SMILES string of the molecule is COC(=O)N[C@H](C(=O)N1CC2(CC2)C[C@H]1C1=NC=C(c2ccc(-c3ccc4cc(-c5cnc(C6CCCC6)[nH]5)ccc4c3)cc2)C1)C1CCOCC1. The maximum absolute atomic E-state index is 14.3. The van der Waals surface area contributed by atoms with Crippen LogP contribution < -0.4 is 5.32 Å². The van der Waals surface area contributed by atoms with Gasteiger partial charge in [0.1, 0.15) is 11.9 Å². The van der Waals surface area contributed by atoms with E-state index in [0.29, 0.717) is 25.6 Å². The zero-order chi connectivity index (χ0) is 35.2. The van der Waals surface area contributed by atoms with Gasteiger partial charge in [-0.1, -0.05) is 61.4 Å². The molecular weight excluding hydrogens is 651 g/mol. The van der Waals surface area contributed by atoms with Gasteiger partial charge in [-0.2, -0.15) is 0 Å². The predicted octanol–water partition coefficient (Wildman–Crippen LogP) is 8.27. The van der Waals surface area contributed by atoms with Gasteiger partial charge in [0.05, 0.1) is 25.0 Å². The van der Waals surface area contributed by atoms with Gasteiger partial charge in [-0.15, -0.1) is 0 Å². The van der Waals surface area contributed by atoms with Crippen molar-refractivity contribution < 1.29 is 19.1 Å². The number of likely N-dealkylation sites (tertiary alicyclic amines) is 1. The number of aromatic nitrogens is 2. The van der Waals surface area contributed by atoms with Crippen molar-refractivity contribution >= 4 is 34.1 Å². The van der Waals surface area contributed by atoms with E-state index in [4.69, 9.17) is 19.5 Å². The Balaban J connectivity index is 0.878. The molecule has 5 aliphatic rings. The number of hydrogen-bond acceptors (Lipinski definition) is 6. The fourth-order valence-corrected chi connectivity index (χ4v) is 9.11. The summed E-state index contributed by atoms with van der Waals surface area (Å²) in [5.41, 5.74) is 8.15. The van der Waals surface area contributed by atoms with E-state index in [2.05, 4.69) is 71.0 Å². The lowest BCUT2D eigenvalue weighted by Gasteiger charge is -2.34. The van der Waals surface area contributed by atoms with E-state index < -0.39 is 12.1 Å². The summed E-state index contributed by atoms with van der Waals surface area (Å²) in [6.07, 6.45) is 13.9. The summed E-state index contributed by atoms with van der Waals surface area (Å²) in [4.78, 5) is 41.9. The topological polar surface area (TPSA) is 109 Å². The Bertz CT molecular complexity index is 2050. The molecule has 0 bridgehead atoms. The Kier molecular flexibility index (Phi) is 8.69.